The van der Waals surface area contributed by atoms with Crippen LogP contribution in [0.4, 0.5) is 0 Å². The fraction of sp³-hybridized carbons (Fsp3) is 0.500. The van der Waals surface area contributed by atoms with Crippen molar-refractivity contribution in [2.45, 2.75) is 50.9 Å². The van der Waals surface area contributed by atoms with E-state index < -0.39 is 12.2 Å². The van der Waals surface area contributed by atoms with Crippen LogP contribution in [0.5, 0.6) is 5.75 Å². The van der Waals surface area contributed by atoms with Gasteiger partial charge in [-0.25, -0.2) is 0 Å². The fourth-order valence-corrected chi connectivity index (χ4v) is 3.57. The first-order chi connectivity index (χ1) is 11.1. The third-order valence-electron chi connectivity index (χ3n) is 4.92. The van der Waals surface area contributed by atoms with Crippen molar-refractivity contribution in [1.82, 2.24) is 0 Å². The van der Waals surface area contributed by atoms with E-state index in [-0.39, 0.29) is 56.6 Å². The second-order valence-corrected chi connectivity index (χ2v) is 6.50. The largest absolute Gasteiger partial charge is 0.516 e. The van der Waals surface area contributed by atoms with Gasteiger partial charge in [-0.05, 0) is 18.8 Å². The minimum absolute atomic E-state index is 0. The van der Waals surface area contributed by atoms with Gasteiger partial charge in [0.2, 0.25) is 0 Å². The van der Waals surface area contributed by atoms with Crippen LogP contribution in [0.1, 0.15) is 38.2 Å². The molecule has 6 atom stereocenters. The van der Waals surface area contributed by atoms with Crippen LogP contribution in [0.25, 0.3) is 0 Å². The van der Waals surface area contributed by atoms with Gasteiger partial charge in [0.05, 0.1) is 18.3 Å². The van der Waals surface area contributed by atoms with Crippen LogP contribution < -0.4 is 4.74 Å². The molecule has 1 aliphatic carbocycles. The SMILES string of the molecule is CC#CC[C@H](C)[C@H](O)/C=C/[C@@H]1[C@H]2c3ccc[c-]c3O[C@H]2C[C@H]1O.[Y]. The molecule has 1 aromatic rings. The van der Waals surface area contributed by atoms with E-state index in [1.807, 2.05) is 37.3 Å². The molecule has 0 aromatic heterocycles. The van der Waals surface area contributed by atoms with Crippen LogP contribution in [0, 0.1) is 29.7 Å². The van der Waals surface area contributed by atoms with E-state index in [0.29, 0.717) is 12.8 Å². The van der Waals surface area contributed by atoms with Crippen LogP contribution >= 0.6 is 0 Å². The van der Waals surface area contributed by atoms with E-state index in [1.165, 1.54) is 0 Å². The number of para-hydroxylation sites is 1. The Balaban J connectivity index is 0.00000208. The molecular formula is C20H23O3Y-. The molecule has 1 heterocycles. The van der Waals surface area contributed by atoms with E-state index in [4.69, 9.17) is 4.74 Å². The van der Waals surface area contributed by atoms with Gasteiger partial charge in [-0.2, -0.15) is 18.2 Å². The summed E-state index contributed by atoms with van der Waals surface area (Å²) in [6, 6.07) is 8.98. The van der Waals surface area contributed by atoms with Crippen LogP contribution in [0.2, 0.25) is 0 Å². The van der Waals surface area contributed by atoms with Gasteiger partial charge < -0.3 is 14.9 Å². The van der Waals surface area contributed by atoms with Gasteiger partial charge in [-0.1, -0.05) is 19.1 Å². The summed E-state index contributed by atoms with van der Waals surface area (Å²) in [7, 11) is 0. The number of hydrogen-bond acceptors (Lipinski definition) is 3. The Morgan fingerprint density at radius 1 is 1.50 bits per heavy atom. The van der Waals surface area contributed by atoms with Crippen LogP contribution in [-0.2, 0) is 32.7 Å². The van der Waals surface area contributed by atoms with Crippen molar-refractivity contribution in [3.8, 4) is 17.6 Å². The normalized spacial score (nSPS) is 29.7. The number of benzene rings is 1. The average molecular weight is 400 g/mol. The summed E-state index contributed by atoms with van der Waals surface area (Å²) >= 11 is 0. The molecule has 0 amide bonds. The monoisotopic (exact) mass is 400 g/mol. The molecule has 0 saturated heterocycles. The molecule has 0 bridgehead atoms. The Morgan fingerprint density at radius 2 is 2.29 bits per heavy atom. The smallest absolute Gasteiger partial charge is 0.0952 e. The maximum atomic E-state index is 10.4. The minimum atomic E-state index is -0.550. The van der Waals surface area contributed by atoms with E-state index in [0.717, 1.165) is 11.3 Å². The van der Waals surface area contributed by atoms with Gasteiger partial charge in [0, 0.05) is 57.2 Å². The molecule has 1 aliphatic heterocycles. The number of fused-ring (bicyclic) bond motifs is 3. The zero-order chi connectivity index (χ0) is 16.4. The first-order valence-electron chi connectivity index (χ1n) is 8.23. The fourth-order valence-electron chi connectivity index (χ4n) is 3.57. The topological polar surface area (TPSA) is 49.7 Å². The molecule has 1 aromatic carbocycles. The number of ether oxygens (including phenoxy) is 1. The number of hydrogen-bond donors (Lipinski definition) is 2. The van der Waals surface area contributed by atoms with E-state index >= 15 is 0 Å². The maximum absolute atomic E-state index is 10.4. The van der Waals surface area contributed by atoms with Gasteiger partial charge in [0.1, 0.15) is 0 Å². The second kappa shape index (κ2) is 8.63. The van der Waals surface area contributed by atoms with Gasteiger partial charge >= 0.3 is 0 Å². The van der Waals surface area contributed by atoms with Crippen LogP contribution in [0.15, 0.2) is 30.4 Å². The van der Waals surface area contributed by atoms with Gasteiger partial charge in [-0.3, -0.25) is 0 Å². The van der Waals surface area contributed by atoms with Crippen molar-refractivity contribution < 1.29 is 47.7 Å². The van der Waals surface area contributed by atoms with E-state index in [2.05, 4.69) is 17.9 Å². The standard InChI is InChI=1S/C20H23O3.Y/c1-3-4-7-13(2)16(21)11-10-14-17(22)12-19-20(14)15-8-5-6-9-18(15)23-19;/h5-6,8,10-11,13-14,16-17,19-22H,7,12H2,1-2H3;/q-1;/b11-10+;/t13-,14-,16+,17+,19-,20-;/m0./s1. The molecule has 1 radical (unpaired) electrons. The molecule has 1 fully saturated rings. The summed E-state index contributed by atoms with van der Waals surface area (Å²) in [6.45, 7) is 3.79. The predicted molar refractivity (Wildman–Crippen MR) is 88.9 cm³/mol. The van der Waals surface area contributed by atoms with Crippen LogP contribution in [0.3, 0.4) is 0 Å². The Kier molecular flexibility index (Phi) is 7.07. The quantitative estimate of drug-likeness (QED) is 0.464. The van der Waals surface area contributed by atoms with Crippen molar-refractivity contribution in [2.75, 3.05) is 0 Å². The van der Waals surface area contributed by atoms with Gasteiger partial charge in [0.15, 0.2) is 0 Å². The van der Waals surface area contributed by atoms with Crippen LogP contribution in [-0.4, -0.2) is 28.5 Å². The first-order valence-corrected chi connectivity index (χ1v) is 8.23. The molecule has 0 spiro atoms. The third kappa shape index (κ3) is 3.94. The summed E-state index contributed by atoms with van der Waals surface area (Å²) in [4.78, 5) is 0. The maximum Gasteiger partial charge on any atom is 0.0952 e. The van der Waals surface area contributed by atoms with Gasteiger partial charge in [-0.15, -0.1) is 23.5 Å². The summed E-state index contributed by atoms with van der Waals surface area (Å²) < 4.78 is 5.91. The van der Waals surface area contributed by atoms with E-state index in [1.54, 1.807) is 6.92 Å². The number of rotatable bonds is 4. The Bertz CT molecular complexity index is 646. The molecule has 3 rings (SSSR count). The summed E-state index contributed by atoms with van der Waals surface area (Å²) in [5.41, 5.74) is 1.11. The Hall–Kier alpha value is -0.656. The number of aliphatic hydroxyl groups is 2. The zero-order valence-electron chi connectivity index (χ0n) is 14.1. The molecular weight excluding hydrogens is 377 g/mol. The van der Waals surface area contributed by atoms with Crippen molar-refractivity contribution in [2.24, 2.45) is 11.8 Å². The second-order valence-electron chi connectivity index (χ2n) is 6.50. The average Bonchev–Trinajstić information content (AvgIpc) is 3.05. The van der Waals surface area contributed by atoms with E-state index in [9.17, 15) is 10.2 Å². The minimum Gasteiger partial charge on any atom is -0.516 e. The molecule has 125 valence electrons. The molecule has 2 N–H and O–H groups in total. The summed E-state index contributed by atoms with van der Waals surface area (Å²) in [6.07, 6.45) is 4.08. The molecule has 3 nitrogen and oxygen atoms in total. The van der Waals surface area contributed by atoms with Crippen molar-refractivity contribution in [3.05, 3.63) is 42.0 Å². The van der Waals surface area contributed by atoms with Crippen molar-refractivity contribution >= 4 is 0 Å². The Morgan fingerprint density at radius 3 is 3.04 bits per heavy atom. The molecule has 1 saturated carbocycles. The predicted octanol–water partition coefficient (Wildman–Crippen LogP) is 2.68. The van der Waals surface area contributed by atoms with Crippen molar-refractivity contribution in [3.63, 3.8) is 0 Å². The zero-order valence-corrected chi connectivity index (χ0v) is 17.0. The molecule has 24 heavy (non-hydrogen) atoms. The Labute approximate surface area is 169 Å². The van der Waals surface area contributed by atoms with Crippen molar-refractivity contribution in [1.29, 1.82) is 0 Å². The molecule has 4 heteroatoms. The first kappa shape index (κ1) is 19.7. The molecule has 2 aliphatic rings. The summed E-state index contributed by atoms with van der Waals surface area (Å²) in [5, 5.41) is 20.6. The number of aliphatic hydroxyl groups excluding tert-OH is 2. The van der Waals surface area contributed by atoms with Gasteiger partial charge in [0.25, 0.3) is 0 Å². The summed E-state index contributed by atoms with van der Waals surface area (Å²) in [5.74, 6) is 6.85. The molecule has 0 unspecified atom stereocenters. The third-order valence-corrected chi connectivity index (χ3v) is 4.92.